The maximum absolute atomic E-state index is 11.3. The van der Waals surface area contributed by atoms with E-state index >= 15 is 0 Å². The zero-order valence-corrected chi connectivity index (χ0v) is 12.5. The second-order valence-electron chi connectivity index (χ2n) is 6.16. The van der Waals surface area contributed by atoms with Gasteiger partial charge < -0.3 is 14.7 Å². The quantitative estimate of drug-likeness (QED) is 0.873. The molecule has 0 spiro atoms. The molecule has 1 heterocycles. The smallest absolute Gasteiger partial charge is 0.303 e. The molecule has 2 fully saturated rings. The summed E-state index contributed by atoms with van der Waals surface area (Å²) >= 11 is 0. The largest absolute Gasteiger partial charge is 0.497 e. The van der Waals surface area contributed by atoms with E-state index in [0.717, 1.165) is 31.7 Å². The van der Waals surface area contributed by atoms with Crippen LogP contribution in [0.4, 0.5) is 5.69 Å². The molecule has 1 aliphatic heterocycles. The summed E-state index contributed by atoms with van der Waals surface area (Å²) in [5.74, 6) is 0.758. The molecule has 0 radical (unpaired) electrons. The fraction of sp³-hybridized carbons (Fsp3) is 0.588. The zero-order chi connectivity index (χ0) is 14.8. The minimum absolute atomic E-state index is 0.119. The van der Waals surface area contributed by atoms with Crippen molar-refractivity contribution >= 4 is 11.7 Å². The topological polar surface area (TPSA) is 49.8 Å². The summed E-state index contributed by atoms with van der Waals surface area (Å²) in [7, 11) is 1.66. The van der Waals surface area contributed by atoms with Crippen LogP contribution in [-0.2, 0) is 4.79 Å². The van der Waals surface area contributed by atoms with Crippen LogP contribution in [0.25, 0.3) is 0 Å². The first-order valence-corrected chi connectivity index (χ1v) is 7.83. The maximum Gasteiger partial charge on any atom is 0.303 e. The van der Waals surface area contributed by atoms with Gasteiger partial charge in [-0.25, -0.2) is 0 Å². The number of carboxylic acids is 1. The Kier molecular flexibility index (Phi) is 4.04. The normalized spacial score (nSPS) is 19.6. The second-order valence-corrected chi connectivity index (χ2v) is 6.16. The fourth-order valence-corrected chi connectivity index (χ4v) is 3.42. The number of hydrogen-bond acceptors (Lipinski definition) is 3. The van der Waals surface area contributed by atoms with Crippen molar-refractivity contribution in [3.8, 4) is 5.75 Å². The van der Waals surface area contributed by atoms with E-state index in [2.05, 4.69) is 17.0 Å². The van der Waals surface area contributed by atoms with Gasteiger partial charge in [-0.1, -0.05) is 0 Å². The lowest BCUT2D eigenvalue weighted by molar-refractivity contribution is -0.137. The standard InChI is InChI=1S/C17H23NO3/c1-21-13-6-7-16(18-8-2-3-9-18)15(10-13)14(11-17(19)20)12-4-5-12/h6-7,10,12,14H,2-5,8-9,11H2,1H3,(H,19,20). The highest BCUT2D eigenvalue weighted by Crippen LogP contribution is 2.48. The van der Waals surface area contributed by atoms with Crippen LogP contribution in [0, 0.1) is 5.92 Å². The summed E-state index contributed by atoms with van der Waals surface area (Å²) in [5.41, 5.74) is 2.38. The van der Waals surface area contributed by atoms with E-state index in [0.29, 0.717) is 5.92 Å². The van der Waals surface area contributed by atoms with Crippen LogP contribution in [0.1, 0.15) is 43.6 Å². The Bertz CT molecular complexity index is 519. The average molecular weight is 289 g/mol. The summed E-state index contributed by atoms with van der Waals surface area (Å²) in [4.78, 5) is 13.7. The van der Waals surface area contributed by atoms with E-state index in [4.69, 9.17) is 4.74 Å². The number of hydrogen-bond donors (Lipinski definition) is 1. The van der Waals surface area contributed by atoms with Gasteiger partial charge in [-0.05, 0) is 61.3 Å². The van der Waals surface area contributed by atoms with E-state index in [-0.39, 0.29) is 12.3 Å². The van der Waals surface area contributed by atoms with Crippen LogP contribution < -0.4 is 9.64 Å². The van der Waals surface area contributed by atoms with E-state index in [1.54, 1.807) is 7.11 Å². The molecule has 0 bridgehead atoms. The molecule has 1 saturated heterocycles. The van der Waals surface area contributed by atoms with Crippen molar-refractivity contribution in [3.63, 3.8) is 0 Å². The molecule has 1 atom stereocenters. The van der Waals surface area contributed by atoms with Gasteiger partial charge in [-0.3, -0.25) is 4.79 Å². The van der Waals surface area contributed by atoms with Crippen molar-refractivity contribution < 1.29 is 14.6 Å². The van der Waals surface area contributed by atoms with Gasteiger partial charge in [0.2, 0.25) is 0 Å². The van der Waals surface area contributed by atoms with E-state index in [1.165, 1.54) is 24.1 Å². The summed E-state index contributed by atoms with van der Waals surface area (Å²) in [5, 5.41) is 9.26. The first kappa shape index (κ1) is 14.2. The molecular weight excluding hydrogens is 266 g/mol. The Morgan fingerprint density at radius 2 is 2.10 bits per heavy atom. The van der Waals surface area contributed by atoms with Crippen LogP contribution in [0.5, 0.6) is 5.75 Å². The maximum atomic E-state index is 11.3. The number of anilines is 1. The molecule has 3 rings (SSSR count). The Morgan fingerprint density at radius 1 is 1.38 bits per heavy atom. The zero-order valence-electron chi connectivity index (χ0n) is 12.5. The highest BCUT2D eigenvalue weighted by molar-refractivity contribution is 5.70. The molecule has 1 saturated carbocycles. The molecule has 2 aliphatic rings. The highest BCUT2D eigenvalue weighted by Gasteiger charge is 2.36. The third-order valence-electron chi connectivity index (χ3n) is 4.67. The molecule has 1 aliphatic carbocycles. The molecule has 1 aromatic carbocycles. The van der Waals surface area contributed by atoms with Gasteiger partial charge in [0.25, 0.3) is 0 Å². The van der Waals surface area contributed by atoms with Crippen LogP contribution in [0.3, 0.4) is 0 Å². The van der Waals surface area contributed by atoms with Crippen molar-refractivity contribution in [1.29, 1.82) is 0 Å². The summed E-state index contributed by atoms with van der Waals surface area (Å²) < 4.78 is 5.36. The summed E-state index contributed by atoms with van der Waals surface area (Å²) in [6.45, 7) is 2.15. The third-order valence-corrected chi connectivity index (χ3v) is 4.67. The molecule has 0 amide bonds. The lowest BCUT2D eigenvalue weighted by Gasteiger charge is -2.26. The Balaban J connectivity index is 1.97. The number of methoxy groups -OCH3 is 1. The first-order valence-electron chi connectivity index (χ1n) is 7.83. The number of benzene rings is 1. The fourth-order valence-electron chi connectivity index (χ4n) is 3.42. The lowest BCUT2D eigenvalue weighted by atomic mass is 9.89. The second kappa shape index (κ2) is 5.96. The van der Waals surface area contributed by atoms with Crippen molar-refractivity contribution in [2.24, 2.45) is 5.92 Å². The van der Waals surface area contributed by atoms with Gasteiger partial charge in [0.05, 0.1) is 13.5 Å². The number of nitrogens with zero attached hydrogens (tertiary/aromatic N) is 1. The van der Waals surface area contributed by atoms with Gasteiger partial charge in [0.1, 0.15) is 5.75 Å². The molecule has 114 valence electrons. The number of carbonyl (C=O) groups is 1. The van der Waals surface area contributed by atoms with Gasteiger partial charge in [-0.15, -0.1) is 0 Å². The van der Waals surface area contributed by atoms with Crippen molar-refractivity contribution in [1.82, 2.24) is 0 Å². The molecule has 1 N–H and O–H groups in total. The Morgan fingerprint density at radius 3 is 2.67 bits per heavy atom. The van der Waals surface area contributed by atoms with Crippen LogP contribution >= 0.6 is 0 Å². The van der Waals surface area contributed by atoms with Gasteiger partial charge in [-0.2, -0.15) is 0 Å². The number of rotatable bonds is 6. The van der Waals surface area contributed by atoms with E-state index < -0.39 is 5.97 Å². The molecule has 21 heavy (non-hydrogen) atoms. The van der Waals surface area contributed by atoms with Gasteiger partial charge in [0, 0.05) is 18.8 Å². The average Bonchev–Trinajstić information content (AvgIpc) is 3.18. The monoisotopic (exact) mass is 289 g/mol. The number of carboxylic acid groups (broad SMARTS) is 1. The SMILES string of the molecule is COc1ccc(N2CCCC2)c(C(CC(=O)O)C2CC2)c1. The molecule has 1 aromatic rings. The van der Waals surface area contributed by atoms with Crippen LogP contribution in [0.15, 0.2) is 18.2 Å². The van der Waals surface area contributed by atoms with Crippen LogP contribution in [-0.4, -0.2) is 31.3 Å². The highest BCUT2D eigenvalue weighted by atomic mass is 16.5. The molecular formula is C17H23NO3. The van der Waals surface area contributed by atoms with Gasteiger partial charge in [0.15, 0.2) is 0 Å². The molecule has 1 unspecified atom stereocenters. The predicted octanol–water partition coefficient (Wildman–Crippen LogP) is 3.26. The van der Waals surface area contributed by atoms with Crippen molar-refractivity contribution in [2.75, 3.05) is 25.1 Å². The molecule has 4 heteroatoms. The minimum atomic E-state index is -0.706. The third kappa shape index (κ3) is 3.14. The van der Waals surface area contributed by atoms with Crippen LogP contribution in [0.2, 0.25) is 0 Å². The van der Waals surface area contributed by atoms with Gasteiger partial charge >= 0.3 is 5.97 Å². The first-order chi connectivity index (χ1) is 10.2. The summed E-state index contributed by atoms with van der Waals surface area (Å²) in [6, 6.07) is 6.15. The minimum Gasteiger partial charge on any atom is -0.497 e. The van der Waals surface area contributed by atoms with E-state index in [1.807, 2.05) is 6.07 Å². The predicted molar refractivity (Wildman–Crippen MR) is 82.2 cm³/mol. The molecule has 4 nitrogen and oxygen atoms in total. The Hall–Kier alpha value is -1.71. The Labute approximate surface area is 125 Å². The number of aliphatic carboxylic acids is 1. The van der Waals surface area contributed by atoms with E-state index in [9.17, 15) is 9.90 Å². The lowest BCUT2D eigenvalue weighted by Crippen LogP contribution is -2.21. The van der Waals surface area contributed by atoms with Crippen molar-refractivity contribution in [2.45, 2.75) is 38.0 Å². The van der Waals surface area contributed by atoms with Crippen molar-refractivity contribution in [3.05, 3.63) is 23.8 Å². The molecule has 0 aromatic heterocycles. The number of ether oxygens (including phenoxy) is 1. The summed E-state index contributed by atoms with van der Waals surface area (Å²) in [6.07, 6.45) is 4.96.